The maximum absolute atomic E-state index is 15.7. The number of ether oxygens (including phenoxy) is 2. The molecule has 1 fully saturated rings. The van der Waals surface area contributed by atoms with E-state index in [9.17, 15) is 9.90 Å². The summed E-state index contributed by atoms with van der Waals surface area (Å²) < 4.78 is 34.3. The number of amides is 1. The summed E-state index contributed by atoms with van der Waals surface area (Å²) in [5.41, 5.74) is 0.313. The zero-order chi connectivity index (χ0) is 23.7. The molecule has 178 valence electrons. The first kappa shape index (κ1) is 25.2. The van der Waals surface area contributed by atoms with Crippen molar-refractivity contribution in [1.29, 1.82) is 0 Å². The van der Waals surface area contributed by atoms with Crippen LogP contribution in [0.1, 0.15) is 26.3 Å². The molecule has 0 aromatic heterocycles. The van der Waals surface area contributed by atoms with Crippen molar-refractivity contribution in [3.8, 4) is 0 Å². The summed E-state index contributed by atoms with van der Waals surface area (Å²) in [5, 5.41) is 9.49. The molecule has 1 aromatic rings. The Labute approximate surface area is 194 Å². The maximum Gasteiger partial charge on any atom is 0.413 e. The van der Waals surface area contributed by atoms with Crippen LogP contribution in [0.3, 0.4) is 0 Å². The van der Waals surface area contributed by atoms with Crippen LogP contribution in [0.5, 0.6) is 0 Å². The lowest BCUT2D eigenvalue weighted by Gasteiger charge is -2.42. The van der Waals surface area contributed by atoms with Gasteiger partial charge in [-0.2, -0.15) is 0 Å². The zero-order valence-electron chi connectivity index (χ0n) is 19.4. The van der Waals surface area contributed by atoms with Gasteiger partial charge in [-0.05, 0) is 23.7 Å². The van der Waals surface area contributed by atoms with Gasteiger partial charge >= 0.3 is 6.09 Å². The molecule has 2 heterocycles. The van der Waals surface area contributed by atoms with Crippen molar-refractivity contribution < 1.29 is 28.2 Å². The van der Waals surface area contributed by atoms with Crippen LogP contribution in [0.2, 0.25) is 18.1 Å². The van der Waals surface area contributed by atoms with Gasteiger partial charge in [0.1, 0.15) is 23.7 Å². The Balaban J connectivity index is 1.78. The van der Waals surface area contributed by atoms with E-state index in [1.807, 2.05) is 30.3 Å². The first-order chi connectivity index (χ1) is 14.9. The second kappa shape index (κ2) is 9.80. The Bertz CT molecular complexity index is 835. The van der Waals surface area contributed by atoms with Crippen LogP contribution in [0.15, 0.2) is 35.3 Å². The third-order valence-corrected chi connectivity index (χ3v) is 12.1. The van der Waals surface area contributed by atoms with Gasteiger partial charge in [0.15, 0.2) is 19.7 Å². The zero-order valence-corrected chi connectivity index (χ0v) is 21.3. The van der Waals surface area contributed by atoms with Gasteiger partial charge in [0.05, 0.1) is 13.2 Å². The van der Waals surface area contributed by atoms with E-state index in [0.717, 1.165) is 22.2 Å². The van der Waals surface area contributed by atoms with Crippen LogP contribution >= 0.6 is 11.8 Å². The van der Waals surface area contributed by atoms with Gasteiger partial charge in [-0.15, -0.1) is 0 Å². The molecule has 0 radical (unpaired) electrons. The van der Waals surface area contributed by atoms with Crippen molar-refractivity contribution in [2.24, 2.45) is 4.99 Å². The van der Waals surface area contributed by atoms with Crippen LogP contribution in [0.4, 0.5) is 9.18 Å². The summed E-state index contributed by atoms with van der Waals surface area (Å²) >= 11 is 1.13. The van der Waals surface area contributed by atoms with Crippen LogP contribution in [-0.2, 0) is 20.5 Å². The number of thioether (sulfide) groups is 1. The van der Waals surface area contributed by atoms with E-state index in [1.54, 1.807) is 0 Å². The molecule has 2 aliphatic heterocycles. The molecular formula is C22H33FN2O5SSi. The number of amidine groups is 1. The first-order valence-electron chi connectivity index (χ1n) is 10.7. The second-order valence-electron chi connectivity index (χ2n) is 9.68. The van der Waals surface area contributed by atoms with Crippen molar-refractivity contribution >= 4 is 31.3 Å². The molecule has 1 N–H and O–H groups in total. The minimum absolute atomic E-state index is 0.00228. The highest BCUT2D eigenvalue weighted by molar-refractivity contribution is 8.14. The van der Waals surface area contributed by atoms with Gasteiger partial charge in [-0.3, -0.25) is 9.89 Å². The molecule has 1 amide bonds. The number of aliphatic imine (C=N–C) groups is 1. The van der Waals surface area contributed by atoms with Crippen molar-refractivity contribution in [3.63, 3.8) is 0 Å². The topological polar surface area (TPSA) is 80.6 Å². The summed E-state index contributed by atoms with van der Waals surface area (Å²) in [5.74, 6) is 0. The first-order valence-corrected chi connectivity index (χ1v) is 14.5. The molecule has 7 nitrogen and oxygen atoms in total. The number of fused-ring (bicyclic) bond motifs is 1. The Kier molecular flexibility index (Phi) is 7.71. The number of alkyl halides is 1. The summed E-state index contributed by atoms with van der Waals surface area (Å²) in [6.07, 6.45) is -4.10. The average Bonchev–Trinajstić information content (AvgIpc) is 3.15. The predicted molar refractivity (Wildman–Crippen MR) is 126 cm³/mol. The number of hydrogen-bond donors (Lipinski definition) is 1. The molecule has 1 saturated heterocycles. The highest BCUT2D eigenvalue weighted by Gasteiger charge is 2.52. The lowest BCUT2D eigenvalue weighted by Crippen LogP contribution is -2.56. The molecule has 5 atom stereocenters. The molecule has 0 saturated carbocycles. The fourth-order valence-electron chi connectivity index (χ4n) is 3.23. The van der Waals surface area contributed by atoms with Gasteiger partial charge in [0, 0.05) is 7.05 Å². The van der Waals surface area contributed by atoms with Crippen LogP contribution in [-0.4, -0.2) is 73.1 Å². The van der Waals surface area contributed by atoms with E-state index in [4.69, 9.17) is 13.9 Å². The number of hydrogen-bond acceptors (Lipinski definition) is 6. The van der Waals surface area contributed by atoms with Gasteiger partial charge in [-0.25, -0.2) is 9.18 Å². The summed E-state index contributed by atoms with van der Waals surface area (Å²) in [6, 6.07) is 8.73. The number of benzene rings is 1. The van der Waals surface area contributed by atoms with Crippen molar-refractivity contribution in [3.05, 3.63) is 35.9 Å². The van der Waals surface area contributed by atoms with Crippen molar-refractivity contribution in [1.82, 2.24) is 4.90 Å². The largest absolute Gasteiger partial charge is 0.465 e. The molecule has 0 unspecified atom stereocenters. The molecule has 0 bridgehead atoms. The van der Waals surface area contributed by atoms with E-state index in [1.165, 1.54) is 7.05 Å². The SMILES string of the molecule is CN(C(=O)O)C1=N[C@@H]2[C@H](F)[C@H](OCc3ccccc3)[C@@H](CO[Si](C)(C)C(C)(C)C)O[C@@H]2S1. The van der Waals surface area contributed by atoms with Gasteiger partial charge in [0.2, 0.25) is 0 Å². The van der Waals surface area contributed by atoms with Crippen LogP contribution in [0.25, 0.3) is 0 Å². The normalized spacial score (nSPS) is 28.2. The lowest BCUT2D eigenvalue weighted by molar-refractivity contribution is -0.169. The van der Waals surface area contributed by atoms with Gasteiger partial charge in [0.25, 0.3) is 0 Å². The van der Waals surface area contributed by atoms with Crippen LogP contribution in [0, 0.1) is 0 Å². The minimum atomic E-state index is -2.09. The molecule has 0 spiro atoms. The Morgan fingerprint density at radius 1 is 1.31 bits per heavy atom. The van der Waals surface area contributed by atoms with E-state index < -0.39 is 44.3 Å². The highest BCUT2D eigenvalue weighted by atomic mass is 32.2. The quantitative estimate of drug-likeness (QED) is 0.588. The highest BCUT2D eigenvalue weighted by Crippen LogP contribution is 2.41. The van der Waals surface area contributed by atoms with Crippen LogP contribution < -0.4 is 0 Å². The Morgan fingerprint density at radius 3 is 2.56 bits per heavy atom. The van der Waals surface area contributed by atoms with E-state index in [0.29, 0.717) is 0 Å². The van der Waals surface area contributed by atoms with Crippen molar-refractivity contribution in [2.75, 3.05) is 13.7 Å². The van der Waals surface area contributed by atoms with Crippen molar-refractivity contribution in [2.45, 2.75) is 75.4 Å². The second-order valence-corrected chi connectivity index (χ2v) is 15.6. The summed E-state index contributed by atoms with van der Waals surface area (Å²) in [4.78, 5) is 16.6. The predicted octanol–water partition coefficient (Wildman–Crippen LogP) is 4.74. The Hall–Kier alpha value is -1.46. The van der Waals surface area contributed by atoms with E-state index in [-0.39, 0.29) is 23.4 Å². The molecule has 0 aliphatic carbocycles. The number of carboxylic acid groups (broad SMARTS) is 1. The number of carbonyl (C=O) groups is 1. The average molecular weight is 485 g/mol. The molecule has 1 aromatic carbocycles. The molecular weight excluding hydrogens is 451 g/mol. The third-order valence-electron chi connectivity index (χ3n) is 6.35. The maximum atomic E-state index is 15.7. The number of halogens is 1. The monoisotopic (exact) mass is 484 g/mol. The standard InChI is InChI=1S/C22H33FN2O5SSi/c1-22(2,3)32(5,6)29-13-15-18(28-12-14-10-8-7-9-11-14)16(23)17-19(30-15)31-20(24-17)25(4)21(26)27/h7-11,15-19H,12-13H2,1-6H3,(H,26,27)/t15-,16+,17-,18-,19-/m1/s1. The molecule has 3 rings (SSSR count). The third kappa shape index (κ3) is 5.53. The van der Waals surface area contributed by atoms with E-state index in [2.05, 4.69) is 38.9 Å². The number of rotatable bonds is 6. The van der Waals surface area contributed by atoms with Gasteiger partial charge < -0.3 is 19.0 Å². The molecule has 10 heteroatoms. The fourth-order valence-corrected chi connectivity index (χ4v) is 5.41. The fraction of sp³-hybridized carbons (Fsp3) is 0.636. The Morgan fingerprint density at radius 2 is 1.97 bits per heavy atom. The molecule has 32 heavy (non-hydrogen) atoms. The van der Waals surface area contributed by atoms with E-state index >= 15 is 4.39 Å². The molecule has 2 aliphatic rings. The minimum Gasteiger partial charge on any atom is -0.465 e. The number of nitrogens with zero attached hydrogens (tertiary/aromatic N) is 2. The summed E-state index contributed by atoms with van der Waals surface area (Å²) in [6.45, 7) is 11.2. The smallest absolute Gasteiger partial charge is 0.413 e. The lowest BCUT2D eigenvalue weighted by atomic mass is 9.99. The summed E-state index contributed by atoms with van der Waals surface area (Å²) in [7, 11) is -0.698. The van der Waals surface area contributed by atoms with Gasteiger partial charge in [-0.1, -0.05) is 62.9 Å².